The number of carbonyl (C=O) groups is 1. The first-order valence-electron chi connectivity index (χ1n) is 10.1. The van der Waals surface area contributed by atoms with Crippen LogP contribution in [0.5, 0.6) is 0 Å². The van der Waals surface area contributed by atoms with Gasteiger partial charge in [0.2, 0.25) is 10.0 Å². The Labute approximate surface area is 163 Å². The van der Waals surface area contributed by atoms with Crippen molar-refractivity contribution in [1.82, 2.24) is 9.62 Å². The second-order valence-electron chi connectivity index (χ2n) is 7.95. The van der Waals surface area contributed by atoms with Crippen molar-refractivity contribution in [2.24, 2.45) is 0 Å². The molecule has 1 aromatic rings. The maximum absolute atomic E-state index is 12.9. The molecule has 2 aliphatic rings. The van der Waals surface area contributed by atoms with Crippen molar-refractivity contribution in [2.75, 3.05) is 26.2 Å². The summed E-state index contributed by atoms with van der Waals surface area (Å²) in [5.74, 6) is 0.515. The van der Waals surface area contributed by atoms with Crippen LogP contribution in [0.15, 0.2) is 29.2 Å². The molecule has 1 saturated carbocycles. The van der Waals surface area contributed by atoms with Gasteiger partial charge in [-0.25, -0.2) is 8.42 Å². The van der Waals surface area contributed by atoms with Gasteiger partial charge in [-0.15, -0.1) is 0 Å². The maximum atomic E-state index is 12.9. The number of rotatable bonds is 7. The lowest BCUT2D eigenvalue weighted by molar-refractivity contribution is -0.917. The van der Waals surface area contributed by atoms with Crippen molar-refractivity contribution < 1.29 is 18.1 Å². The van der Waals surface area contributed by atoms with E-state index in [1.54, 1.807) is 16.4 Å². The average molecular weight is 395 g/mol. The molecule has 0 bridgehead atoms. The fourth-order valence-electron chi connectivity index (χ4n) is 3.54. The van der Waals surface area contributed by atoms with Gasteiger partial charge in [-0.2, -0.15) is 4.31 Å². The van der Waals surface area contributed by atoms with E-state index in [4.69, 9.17) is 0 Å². The smallest absolute Gasteiger partial charge is 0.278 e. The minimum absolute atomic E-state index is 0.0874. The number of hydrogen-bond donors (Lipinski definition) is 2. The standard InChI is InChI=1S/C20H31N3O3S/c1-4-15(2)17-5-9-19(10-6-17)27(25,26)23-13-11-22(12-14-23)16(3)20(24)21-18-7-8-18/h5-6,9-10,15-16,18H,4,7-8,11-14H2,1-3H3,(H,21,24)/p+1/t15-,16-/m1/s1. The Kier molecular flexibility index (Phi) is 6.23. The van der Waals surface area contributed by atoms with E-state index in [2.05, 4.69) is 19.2 Å². The van der Waals surface area contributed by atoms with Crippen LogP contribution >= 0.6 is 0 Å². The number of piperazine rings is 1. The SMILES string of the molecule is CC[C@@H](C)c1ccc(S(=O)(=O)N2CC[NH+]([C@H](C)C(=O)NC3CC3)CC2)cc1. The van der Waals surface area contributed by atoms with Gasteiger partial charge in [0.25, 0.3) is 5.91 Å². The fourth-order valence-corrected chi connectivity index (χ4v) is 4.98. The summed E-state index contributed by atoms with van der Waals surface area (Å²) in [7, 11) is -3.47. The van der Waals surface area contributed by atoms with Gasteiger partial charge >= 0.3 is 0 Å². The molecule has 2 atom stereocenters. The van der Waals surface area contributed by atoms with Gasteiger partial charge in [0.15, 0.2) is 6.04 Å². The number of quaternary nitrogens is 1. The number of carbonyl (C=O) groups excluding carboxylic acids is 1. The minimum Gasteiger partial charge on any atom is -0.348 e. The summed E-state index contributed by atoms with van der Waals surface area (Å²) >= 11 is 0. The van der Waals surface area contributed by atoms with Gasteiger partial charge in [-0.05, 0) is 49.8 Å². The molecule has 1 saturated heterocycles. The van der Waals surface area contributed by atoms with Crippen LogP contribution < -0.4 is 10.2 Å². The van der Waals surface area contributed by atoms with E-state index in [0.29, 0.717) is 43.0 Å². The van der Waals surface area contributed by atoms with E-state index in [-0.39, 0.29) is 11.9 Å². The van der Waals surface area contributed by atoms with Gasteiger partial charge in [-0.1, -0.05) is 26.0 Å². The summed E-state index contributed by atoms with van der Waals surface area (Å²) in [6.07, 6.45) is 3.19. The Morgan fingerprint density at radius 1 is 1.19 bits per heavy atom. The van der Waals surface area contributed by atoms with Gasteiger partial charge in [0.05, 0.1) is 31.1 Å². The summed E-state index contributed by atoms with van der Waals surface area (Å²) in [4.78, 5) is 13.8. The predicted octanol–water partition coefficient (Wildman–Crippen LogP) is 0.756. The van der Waals surface area contributed by atoms with Crippen molar-refractivity contribution in [3.05, 3.63) is 29.8 Å². The lowest BCUT2D eigenvalue weighted by atomic mass is 9.99. The molecule has 1 aromatic carbocycles. The van der Waals surface area contributed by atoms with E-state index in [1.165, 1.54) is 5.56 Å². The zero-order chi connectivity index (χ0) is 19.6. The molecule has 6 nitrogen and oxygen atoms in total. The van der Waals surface area contributed by atoms with Crippen molar-refractivity contribution in [2.45, 2.75) is 62.9 Å². The highest BCUT2D eigenvalue weighted by Crippen LogP contribution is 2.22. The van der Waals surface area contributed by atoms with Crippen LogP contribution in [0.4, 0.5) is 0 Å². The Balaban J connectivity index is 1.59. The number of benzene rings is 1. The molecule has 0 aromatic heterocycles. The lowest BCUT2D eigenvalue weighted by Crippen LogP contribution is -3.19. The Morgan fingerprint density at radius 2 is 1.78 bits per heavy atom. The Morgan fingerprint density at radius 3 is 2.30 bits per heavy atom. The second kappa shape index (κ2) is 8.29. The quantitative estimate of drug-likeness (QED) is 0.717. The first-order valence-corrected chi connectivity index (χ1v) is 11.5. The molecule has 2 N–H and O–H groups in total. The molecule has 1 aliphatic carbocycles. The second-order valence-corrected chi connectivity index (χ2v) is 9.88. The molecular formula is C20H32N3O3S+. The van der Waals surface area contributed by atoms with Crippen LogP contribution in [0.1, 0.15) is 51.5 Å². The zero-order valence-corrected chi connectivity index (χ0v) is 17.4. The van der Waals surface area contributed by atoms with Crippen LogP contribution in [0, 0.1) is 0 Å². The van der Waals surface area contributed by atoms with Gasteiger partial charge in [0.1, 0.15) is 0 Å². The highest BCUT2D eigenvalue weighted by molar-refractivity contribution is 7.89. The predicted molar refractivity (Wildman–Crippen MR) is 105 cm³/mol. The van der Waals surface area contributed by atoms with E-state index < -0.39 is 10.0 Å². The molecule has 7 heteroatoms. The minimum atomic E-state index is -3.47. The van der Waals surface area contributed by atoms with Gasteiger partial charge in [0, 0.05) is 6.04 Å². The molecule has 27 heavy (non-hydrogen) atoms. The van der Waals surface area contributed by atoms with Crippen molar-refractivity contribution >= 4 is 15.9 Å². The molecule has 2 fully saturated rings. The Hall–Kier alpha value is -1.44. The first-order chi connectivity index (χ1) is 12.8. The highest BCUT2D eigenvalue weighted by Gasteiger charge is 2.35. The molecule has 150 valence electrons. The molecule has 0 unspecified atom stereocenters. The van der Waals surface area contributed by atoms with Crippen molar-refractivity contribution in [1.29, 1.82) is 0 Å². The average Bonchev–Trinajstić information content (AvgIpc) is 3.51. The fraction of sp³-hybridized carbons (Fsp3) is 0.650. The molecular weight excluding hydrogens is 362 g/mol. The highest BCUT2D eigenvalue weighted by atomic mass is 32.2. The summed E-state index contributed by atoms with van der Waals surface area (Å²) in [6.45, 7) is 8.42. The number of hydrogen-bond acceptors (Lipinski definition) is 3. The molecule has 0 radical (unpaired) electrons. The molecule has 0 spiro atoms. The lowest BCUT2D eigenvalue weighted by Gasteiger charge is -2.34. The number of nitrogens with one attached hydrogen (secondary N) is 2. The monoisotopic (exact) mass is 394 g/mol. The number of nitrogens with zero attached hydrogens (tertiary/aromatic N) is 1. The summed E-state index contributed by atoms with van der Waals surface area (Å²) < 4.78 is 27.4. The largest absolute Gasteiger partial charge is 0.348 e. The topological polar surface area (TPSA) is 70.9 Å². The summed E-state index contributed by atoms with van der Waals surface area (Å²) in [6, 6.07) is 7.52. The maximum Gasteiger partial charge on any atom is 0.278 e. The zero-order valence-electron chi connectivity index (χ0n) is 16.6. The van der Waals surface area contributed by atoms with Gasteiger partial charge < -0.3 is 10.2 Å². The van der Waals surface area contributed by atoms with Crippen LogP contribution in [0.25, 0.3) is 0 Å². The van der Waals surface area contributed by atoms with Crippen molar-refractivity contribution in [3.8, 4) is 0 Å². The summed E-state index contributed by atoms with van der Waals surface area (Å²) in [5, 5.41) is 3.05. The third-order valence-corrected chi connectivity index (χ3v) is 7.91. The number of sulfonamides is 1. The van der Waals surface area contributed by atoms with Crippen LogP contribution in [0.3, 0.4) is 0 Å². The van der Waals surface area contributed by atoms with Crippen LogP contribution in [-0.4, -0.2) is 56.9 Å². The van der Waals surface area contributed by atoms with E-state index in [9.17, 15) is 13.2 Å². The van der Waals surface area contributed by atoms with E-state index in [1.807, 2.05) is 19.1 Å². The van der Waals surface area contributed by atoms with Gasteiger partial charge in [-0.3, -0.25) is 4.79 Å². The molecule has 1 heterocycles. The summed E-state index contributed by atoms with van der Waals surface area (Å²) in [5.41, 5.74) is 1.17. The third-order valence-electron chi connectivity index (χ3n) is 5.99. The first kappa shape index (κ1) is 20.3. The molecule has 3 rings (SSSR count). The molecule has 1 aliphatic heterocycles. The van der Waals surface area contributed by atoms with Crippen molar-refractivity contribution in [3.63, 3.8) is 0 Å². The molecule has 1 amide bonds. The Bertz CT molecular complexity index is 751. The third kappa shape index (κ3) is 4.70. The van der Waals surface area contributed by atoms with E-state index in [0.717, 1.165) is 24.2 Å². The number of amides is 1. The van der Waals surface area contributed by atoms with Crippen LogP contribution in [0.2, 0.25) is 0 Å². The normalized spacial score (nSPS) is 21.6. The van der Waals surface area contributed by atoms with Crippen LogP contribution in [-0.2, 0) is 14.8 Å². The van der Waals surface area contributed by atoms with E-state index >= 15 is 0 Å².